The maximum atomic E-state index is 11.8. The van der Waals surface area contributed by atoms with Gasteiger partial charge in [0.1, 0.15) is 5.78 Å². The van der Waals surface area contributed by atoms with Crippen molar-refractivity contribution in [3.63, 3.8) is 0 Å². The van der Waals surface area contributed by atoms with E-state index in [2.05, 4.69) is 24.0 Å². The van der Waals surface area contributed by atoms with Gasteiger partial charge in [0.05, 0.1) is 12.2 Å². The number of ketones is 1. The summed E-state index contributed by atoms with van der Waals surface area (Å²) in [7, 11) is 0. The summed E-state index contributed by atoms with van der Waals surface area (Å²) >= 11 is 1.75. The normalized spacial score (nSPS) is 12.1. The fraction of sp³-hybridized carbons (Fsp3) is 0.750. The van der Waals surface area contributed by atoms with Crippen LogP contribution in [0, 0.1) is 5.41 Å². The lowest BCUT2D eigenvalue weighted by molar-refractivity contribution is -0.125. The number of aromatic nitrogens is 2. The smallest absolute Gasteiger partial charge is 0.234 e. The molecule has 0 radical (unpaired) electrons. The van der Waals surface area contributed by atoms with Gasteiger partial charge in [0.2, 0.25) is 5.89 Å². The molecule has 0 saturated carbocycles. The van der Waals surface area contributed by atoms with E-state index in [1.165, 1.54) is 0 Å². The van der Waals surface area contributed by atoms with Crippen LogP contribution in [-0.4, -0.2) is 21.2 Å². The summed E-state index contributed by atoms with van der Waals surface area (Å²) in [5.74, 6) is 1.93. The van der Waals surface area contributed by atoms with E-state index in [0.717, 1.165) is 5.75 Å². The molecule has 0 spiro atoms. The van der Waals surface area contributed by atoms with Gasteiger partial charge in [-0.15, -0.1) is 0 Å². The van der Waals surface area contributed by atoms with Crippen LogP contribution in [0.2, 0.25) is 0 Å². The molecule has 0 N–H and O–H groups in total. The van der Waals surface area contributed by atoms with Gasteiger partial charge >= 0.3 is 0 Å². The molecule has 0 atom stereocenters. The lowest BCUT2D eigenvalue weighted by Crippen LogP contribution is -2.22. The maximum Gasteiger partial charge on any atom is 0.234 e. The fourth-order valence-corrected chi connectivity index (χ4v) is 1.66. The number of hydrogen-bond acceptors (Lipinski definition) is 5. The lowest BCUT2D eigenvalue weighted by atomic mass is 9.89. The fourth-order valence-electron chi connectivity index (χ4n) is 1.06. The minimum absolute atomic E-state index is 0.115. The van der Waals surface area contributed by atoms with Gasteiger partial charge < -0.3 is 4.52 Å². The molecule has 0 bridgehead atoms. The van der Waals surface area contributed by atoms with Crippen molar-refractivity contribution in [3.05, 3.63) is 11.7 Å². The molecule has 0 aliphatic heterocycles. The Bertz CT molecular complexity index is 380. The van der Waals surface area contributed by atoms with Crippen LogP contribution in [0.15, 0.2) is 4.52 Å². The van der Waals surface area contributed by atoms with Crippen LogP contribution in [-0.2, 0) is 17.0 Å². The predicted octanol–water partition coefficient (Wildman–Crippen LogP) is 2.87. The highest BCUT2D eigenvalue weighted by Crippen LogP contribution is 2.18. The SMILES string of the molecule is CC(C)SCc1noc(CC(=O)C(C)(C)C)n1. The van der Waals surface area contributed by atoms with E-state index in [4.69, 9.17) is 4.52 Å². The highest BCUT2D eigenvalue weighted by atomic mass is 32.2. The van der Waals surface area contributed by atoms with Gasteiger partial charge in [0.25, 0.3) is 0 Å². The van der Waals surface area contributed by atoms with Crippen molar-refractivity contribution in [2.45, 2.75) is 52.0 Å². The van der Waals surface area contributed by atoms with E-state index >= 15 is 0 Å². The Morgan fingerprint density at radius 2 is 2.06 bits per heavy atom. The molecule has 1 aromatic heterocycles. The van der Waals surface area contributed by atoms with E-state index in [0.29, 0.717) is 17.0 Å². The van der Waals surface area contributed by atoms with Crippen LogP contribution < -0.4 is 0 Å². The van der Waals surface area contributed by atoms with Gasteiger partial charge in [-0.05, 0) is 5.25 Å². The average molecular weight is 256 g/mol. The topological polar surface area (TPSA) is 56.0 Å². The van der Waals surface area contributed by atoms with Crippen molar-refractivity contribution in [2.75, 3.05) is 0 Å². The molecule has 1 rings (SSSR count). The molecule has 0 unspecified atom stereocenters. The zero-order valence-electron chi connectivity index (χ0n) is 11.1. The van der Waals surface area contributed by atoms with Crippen LogP contribution in [0.4, 0.5) is 0 Å². The Morgan fingerprint density at radius 1 is 1.41 bits per heavy atom. The Kier molecular flexibility index (Phi) is 4.74. The Morgan fingerprint density at radius 3 is 2.59 bits per heavy atom. The van der Waals surface area contributed by atoms with E-state index in [9.17, 15) is 4.79 Å². The first-order valence-corrected chi connectivity index (χ1v) is 6.80. The summed E-state index contributed by atoms with van der Waals surface area (Å²) < 4.78 is 5.07. The second kappa shape index (κ2) is 5.67. The summed E-state index contributed by atoms with van der Waals surface area (Å²) in [6, 6.07) is 0. The van der Waals surface area contributed by atoms with E-state index < -0.39 is 0 Å². The van der Waals surface area contributed by atoms with Crippen molar-refractivity contribution in [1.82, 2.24) is 10.1 Å². The summed E-state index contributed by atoms with van der Waals surface area (Å²) in [5, 5.41) is 4.40. The summed E-state index contributed by atoms with van der Waals surface area (Å²) in [6.45, 7) is 9.91. The van der Waals surface area contributed by atoms with Gasteiger partial charge in [-0.25, -0.2) is 0 Å². The molecule has 17 heavy (non-hydrogen) atoms. The predicted molar refractivity (Wildman–Crippen MR) is 68.9 cm³/mol. The van der Waals surface area contributed by atoms with Crippen molar-refractivity contribution in [1.29, 1.82) is 0 Å². The monoisotopic (exact) mass is 256 g/mol. The minimum Gasteiger partial charge on any atom is -0.339 e. The first kappa shape index (κ1) is 14.2. The molecule has 4 nitrogen and oxygen atoms in total. The number of hydrogen-bond donors (Lipinski definition) is 0. The highest BCUT2D eigenvalue weighted by Gasteiger charge is 2.23. The van der Waals surface area contributed by atoms with Crippen molar-refractivity contribution in [3.8, 4) is 0 Å². The van der Waals surface area contributed by atoms with E-state index in [1.807, 2.05) is 20.8 Å². The first-order chi connectivity index (χ1) is 7.79. The summed E-state index contributed by atoms with van der Waals surface area (Å²) in [4.78, 5) is 16.0. The molecule has 0 amide bonds. The van der Waals surface area contributed by atoms with Crippen molar-refractivity contribution < 1.29 is 9.32 Å². The molecule has 5 heteroatoms. The third-order valence-corrected chi connectivity index (χ3v) is 3.30. The largest absolute Gasteiger partial charge is 0.339 e. The molecule has 0 fully saturated rings. The van der Waals surface area contributed by atoms with Gasteiger partial charge in [0, 0.05) is 5.41 Å². The molecule has 1 aromatic rings. The minimum atomic E-state index is -0.360. The highest BCUT2D eigenvalue weighted by molar-refractivity contribution is 7.99. The Labute approximate surface area is 107 Å². The zero-order valence-corrected chi connectivity index (χ0v) is 11.9. The summed E-state index contributed by atoms with van der Waals surface area (Å²) in [6.07, 6.45) is 0.225. The van der Waals surface area contributed by atoms with Gasteiger partial charge in [-0.2, -0.15) is 16.7 Å². The van der Waals surface area contributed by atoms with Crippen LogP contribution in [0.25, 0.3) is 0 Å². The number of carbonyl (C=O) groups excluding carboxylic acids is 1. The third kappa shape index (κ3) is 4.89. The van der Waals surface area contributed by atoms with E-state index in [-0.39, 0.29) is 17.6 Å². The third-order valence-electron chi connectivity index (χ3n) is 2.20. The number of Topliss-reactive ketones (excluding diaryl/α,β-unsaturated/α-hetero) is 1. The lowest BCUT2D eigenvalue weighted by Gasteiger charge is -2.14. The molecular formula is C12H20N2O2S. The molecule has 0 aromatic carbocycles. The second-order valence-corrected chi connectivity index (χ2v) is 6.88. The molecule has 0 saturated heterocycles. The Balaban J connectivity index is 2.54. The average Bonchev–Trinajstić information content (AvgIpc) is 2.61. The molecule has 96 valence electrons. The number of thioether (sulfide) groups is 1. The zero-order chi connectivity index (χ0) is 13.1. The molecule has 0 aliphatic carbocycles. The number of rotatable bonds is 5. The van der Waals surface area contributed by atoms with Gasteiger partial charge in [-0.3, -0.25) is 4.79 Å². The first-order valence-electron chi connectivity index (χ1n) is 5.75. The van der Waals surface area contributed by atoms with Crippen molar-refractivity contribution in [2.24, 2.45) is 5.41 Å². The number of nitrogens with zero attached hydrogens (tertiary/aromatic N) is 2. The van der Waals surface area contributed by atoms with Crippen LogP contribution in [0.5, 0.6) is 0 Å². The van der Waals surface area contributed by atoms with Crippen LogP contribution >= 0.6 is 11.8 Å². The second-order valence-electron chi connectivity index (χ2n) is 5.31. The van der Waals surface area contributed by atoms with Crippen molar-refractivity contribution >= 4 is 17.5 Å². The number of carbonyl (C=O) groups is 1. The quantitative estimate of drug-likeness (QED) is 0.810. The van der Waals surface area contributed by atoms with Crippen LogP contribution in [0.1, 0.15) is 46.3 Å². The molecule has 0 aliphatic rings. The van der Waals surface area contributed by atoms with Gasteiger partial charge in [0.15, 0.2) is 5.82 Å². The van der Waals surface area contributed by atoms with E-state index in [1.54, 1.807) is 11.8 Å². The molecular weight excluding hydrogens is 236 g/mol. The van der Waals surface area contributed by atoms with Crippen LogP contribution in [0.3, 0.4) is 0 Å². The van der Waals surface area contributed by atoms with Gasteiger partial charge in [-0.1, -0.05) is 39.8 Å². The standard InChI is InChI=1S/C12H20N2O2S/c1-8(2)17-7-10-13-11(16-14-10)6-9(15)12(3,4)5/h8H,6-7H2,1-5H3. The Hall–Kier alpha value is -0.840. The summed E-state index contributed by atoms with van der Waals surface area (Å²) in [5.41, 5.74) is -0.360. The molecule has 1 heterocycles. The maximum absolute atomic E-state index is 11.8.